The minimum atomic E-state index is -0.367. The van der Waals surface area contributed by atoms with Gasteiger partial charge in [-0.2, -0.15) is 5.10 Å². The molecule has 0 unspecified atom stereocenters. The Labute approximate surface area is 190 Å². The van der Waals surface area contributed by atoms with E-state index in [0.717, 1.165) is 22.0 Å². The highest BCUT2D eigenvalue weighted by Gasteiger charge is 2.09. The lowest BCUT2D eigenvalue weighted by molar-refractivity contribution is -0.114. The summed E-state index contributed by atoms with van der Waals surface area (Å²) in [6.45, 7) is 2.04. The summed E-state index contributed by atoms with van der Waals surface area (Å²) in [5.41, 5.74) is 6.44. The summed E-state index contributed by atoms with van der Waals surface area (Å²) >= 11 is 6.34. The van der Waals surface area contributed by atoms with E-state index in [-0.39, 0.29) is 11.8 Å². The molecule has 0 atom stereocenters. The van der Waals surface area contributed by atoms with Crippen LogP contribution < -0.4 is 10.7 Å². The molecular weight excluding hydrogens is 424 g/mol. The molecule has 4 aromatic rings. The van der Waals surface area contributed by atoms with Gasteiger partial charge in [-0.1, -0.05) is 54.1 Å². The third-order valence-corrected chi connectivity index (χ3v) is 5.30. The second kappa shape index (κ2) is 9.49. The number of aromatic nitrogens is 1. The zero-order chi connectivity index (χ0) is 22.5. The molecule has 0 aliphatic carbocycles. The molecule has 1 heterocycles. The van der Waals surface area contributed by atoms with Gasteiger partial charge in [0.15, 0.2) is 0 Å². The highest BCUT2D eigenvalue weighted by atomic mass is 35.5. The highest BCUT2D eigenvalue weighted by Crippen LogP contribution is 2.23. The predicted molar refractivity (Wildman–Crippen MR) is 128 cm³/mol. The molecule has 32 heavy (non-hydrogen) atoms. The molecular formula is C25H21ClN4O2. The van der Waals surface area contributed by atoms with Gasteiger partial charge < -0.3 is 9.88 Å². The molecule has 0 saturated carbocycles. The Bertz CT molecular complexity index is 1330. The third-order valence-electron chi connectivity index (χ3n) is 4.93. The van der Waals surface area contributed by atoms with Crippen molar-refractivity contribution in [2.75, 3.05) is 5.32 Å². The number of carbonyl (C=O) groups excluding carboxylic acids is 2. The number of rotatable bonds is 6. The van der Waals surface area contributed by atoms with Crippen molar-refractivity contribution in [2.45, 2.75) is 13.5 Å². The molecule has 7 heteroatoms. The Hall–Kier alpha value is -3.90. The van der Waals surface area contributed by atoms with Crippen LogP contribution in [0.15, 0.2) is 84.1 Å². The maximum atomic E-state index is 12.5. The quantitative estimate of drug-likeness (QED) is 0.322. The first-order valence-electron chi connectivity index (χ1n) is 10.0. The standard InChI is InChI=1S/C25H21ClN4O2/c1-17(31)28-21-9-6-8-18(13-21)25(32)29-27-14-20-16-30(24-12-5-3-10-22(20)24)15-19-7-2-4-11-23(19)26/h2-14,16H,15H2,1H3,(H,28,31)(H,29,32)/b27-14-. The lowest BCUT2D eigenvalue weighted by Gasteiger charge is -2.07. The largest absolute Gasteiger partial charge is 0.342 e. The molecule has 0 saturated heterocycles. The van der Waals surface area contributed by atoms with E-state index in [1.807, 2.05) is 54.7 Å². The van der Waals surface area contributed by atoms with Gasteiger partial charge in [-0.05, 0) is 35.9 Å². The third kappa shape index (κ3) is 4.87. The van der Waals surface area contributed by atoms with Gasteiger partial charge >= 0.3 is 0 Å². The van der Waals surface area contributed by atoms with Crippen LogP contribution in [0.2, 0.25) is 5.02 Å². The molecule has 2 N–H and O–H groups in total. The SMILES string of the molecule is CC(=O)Nc1cccc(C(=O)N/N=C\c2cn(Cc3ccccc3Cl)c3ccccc23)c1. The number of amides is 2. The Kier molecular flexibility index (Phi) is 6.33. The molecule has 0 bridgehead atoms. The number of nitrogens with zero attached hydrogens (tertiary/aromatic N) is 2. The molecule has 0 fully saturated rings. The smallest absolute Gasteiger partial charge is 0.271 e. The van der Waals surface area contributed by atoms with Crippen molar-refractivity contribution in [1.29, 1.82) is 0 Å². The van der Waals surface area contributed by atoms with Gasteiger partial charge in [0.2, 0.25) is 5.91 Å². The van der Waals surface area contributed by atoms with Crippen LogP contribution in [0.1, 0.15) is 28.4 Å². The number of anilines is 1. The lowest BCUT2D eigenvalue weighted by Crippen LogP contribution is -2.18. The molecule has 0 aliphatic heterocycles. The number of benzene rings is 3. The van der Waals surface area contributed by atoms with Crippen molar-refractivity contribution in [3.63, 3.8) is 0 Å². The minimum Gasteiger partial charge on any atom is -0.342 e. The van der Waals surface area contributed by atoms with Crippen LogP contribution in [0, 0.1) is 0 Å². The van der Waals surface area contributed by atoms with E-state index >= 15 is 0 Å². The first-order chi connectivity index (χ1) is 15.5. The molecule has 160 valence electrons. The second-order valence-electron chi connectivity index (χ2n) is 7.28. The van der Waals surface area contributed by atoms with Gasteiger partial charge in [-0.15, -0.1) is 0 Å². The van der Waals surface area contributed by atoms with E-state index in [4.69, 9.17) is 11.6 Å². The van der Waals surface area contributed by atoms with Gasteiger partial charge in [0.05, 0.1) is 6.21 Å². The van der Waals surface area contributed by atoms with E-state index in [2.05, 4.69) is 20.4 Å². The van der Waals surface area contributed by atoms with E-state index < -0.39 is 0 Å². The fraction of sp³-hybridized carbons (Fsp3) is 0.0800. The summed E-state index contributed by atoms with van der Waals surface area (Å²) in [6, 6.07) is 22.4. The number of hydrogen-bond acceptors (Lipinski definition) is 3. The van der Waals surface area contributed by atoms with Crippen LogP contribution in [-0.2, 0) is 11.3 Å². The summed E-state index contributed by atoms with van der Waals surface area (Å²) in [7, 11) is 0. The van der Waals surface area contributed by atoms with Crippen molar-refractivity contribution < 1.29 is 9.59 Å². The number of carbonyl (C=O) groups is 2. The molecule has 6 nitrogen and oxygen atoms in total. The number of nitrogens with one attached hydrogen (secondary N) is 2. The van der Waals surface area contributed by atoms with Crippen molar-refractivity contribution in [3.05, 3.63) is 101 Å². The number of para-hydroxylation sites is 1. The van der Waals surface area contributed by atoms with E-state index in [1.54, 1.807) is 30.5 Å². The number of hydrogen-bond donors (Lipinski definition) is 2. The van der Waals surface area contributed by atoms with Gasteiger partial charge in [-0.25, -0.2) is 5.43 Å². The van der Waals surface area contributed by atoms with E-state index in [1.165, 1.54) is 6.92 Å². The maximum absolute atomic E-state index is 12.5. The summed E-state index contributed by atoms with van der Waals surface area (Å²) < 4.78 is 2.11. The monoisotopic (exact) mass is 444 g/mol. The van der Waals surface area contributed by atoms with Crippen LogP contribution in [0.4, 0.5) is 5.69 Å². The topological polar surface area (TPSA) is 75.5 Å². The maximum Gasteiger partial charge on any atom is 0.271 e. The lowest BCUT2D eigenvalue weighted by atomic mass is 10.2. The molecule has 3 aromatic carbocycles. The average molecular weight is 445 g/mol. The van der Waals surface area contributed by atoms with Gasteiger partial charge in [-0.3, -0.25) is 9.59 Å². The first kappa shape index (κ1) is 21.3. The molecule has 4 rings (SSSR count). The van der Waals surface area contributed by atoms with Crippen molar-refractivity contribution in [2.24, 2.45) is 5.10 Å². The van der Waals surface area contributed by atoms with E-state index in [0.29, 0.717) is 22.8 Å². The second-order valence-corrected chi connectivity index (χ2v) is 7.69. The first-order valence-corrected chi connectivity index (χ1v) is 10.4. The van der Waals surface area contributed by atoms with Crippen molar-refractivity contribution in [1.82, 2.24) is 9.99 Å². The van der Waals surface area contributed by atoms with Crippen LogP contribution in [0.5, 0.6) is 0 Å². The van der Waals surface area contributed by atoms with E-state index in [9.17, 15) is 9.59 Å². The van der Waals surface area contributed by atoms with Crippen LogP contribution >= 0.6 is 11.6 Å². The fourth-order valence-electron chi connectivity index (χ4n) is 3.49. The molecule has 0 radical (unpaired) electrons. The molecule has 2 amide bonds. The zero-order valence-electron chi connectivity index (χ0n) is 17.4. The van der Waals surface area contributed by atoms with Crippen molar-refractivity contribution >= 4 is 46.2 Å². The van der Waals surface area contributed by atoms with Crippen LogP contribution in [-0.4, -0.2) is 22.6 Å². The predicted octanol–water partition coefficient (Wildman–Crippen LogP) is 5.07. The fourth-order valence-corrected chi connectivity index (χ4v) is 3.68. The number of fused-ring (bicyclic) bond motifs is 1. The Balaban J connectivity index is 1.54. The summed E-state index contributed by atoms with van der Waals surface area (Å²) in [6.07, 6.45) is 3.61. The van der Waals surface area contributed by atoms with Crippen LogP contribution in [0.25, 0.3) is 10.9 Å². The Morgan fingerprint density at radius 3 is 2.62 bits per heavy atom. The van der Waals surface area contributed by atoms with Gasteiger partial charge in [0, 0.05) is 52.4 Å². The van der Waals surface area contributed by atoms with Gasteiger partial charge in [0.25, 0.3) is 5.91 Å². The highest BCUT2D eigenvalue weighted by molar-refractivity contribution is 6.31. The molecule has 0 spiro atoms. The number of halogens is 1. The average Bonchev–Trinajstić information content (AvgIpc) is 3.12. The summed E-state index contributed by atoms with van der Waals surface area (Å²) in [4.78, 5) is 23.7. The van der Waals surface area contributed by atoms with Crippen molar-refractivity contribution in [3.8, 4) is 0 Å². The summed E-state index contributed by atoms with van der Waals surface area (Å²) in [5, 5.41) is 8.54. The van der Waals surface area contributed by atoms with Crippen LogP contribution in [0.3, 0.4) is 0 Å². The minimum absolute atomic E-state index is 0.200. The Morgan fingerprint density at radius 1 is 1.03 bits per heavy atom. The summed E-state index contributed by atoms with van der Waals surface area (Å²) in [5.74, 6) is -0.568. The zero-order valence-corrected chi connectivity index (χ0v) is 18.1. The van der Waals surface area contributed by atoms with Gasteiger partial charge in [0.1, 0.15) is 0 Å². The molecule has 0 aliphatic rings. The Morgan fingerprint density at radius 2 is 1.81 bits per heavy atom. The molecule has 1 aromatic heterocycles. The number of hydrazone groups is 1. The normalized spacial score (nSPS) is 11.1.